The second-order valence-electron chi connectivity index (χ2n) is 3.42. The monoisotopic (exact) mass is 356 g/mol. The van der Waals surface area contributed by atoms with Gasteiger partial charge in [0, 0.05) is 5.33 Å². The van der Waals surface area contributed by atoms with Crippen LogP contribution in [0.1, 0.15) is 5.56 Å². The van der Waals surface area contributed by atoms with Gasteiger partial charge in [-0.25, -0.2) is 0 Å². The topological polar surface area (TPSA) is 9.23 Å². The number of rotatable bonds is 4. The third kappa shape index (κ3) is 5.43. The molecule has 0 atom stereocenters. The molecule has 1 nitrogen and oxygen atoms in total. The van der Waals surface area contributed by atoms with Crippen molar-refractivity contribution in [3.8, 4) is 17.6 Å². The van der Waals surface area contributed by atoms with E-state index in [0.717, 1.165) is 17.5 Å². The predicted octanol–water partition coefficient (Wildman–Crippen LogP) is 3.96. The van der Waals surface area contributed by atoms with E-state index < -0.39 is 0 Å². The Morgan fingerprint density at radius 1 is 1.29 bits per heavy atom. The standard InChI is InChI=1S/C14H14Br2O/c1-17-14-7-5-12(6-8-14)10-13(11-16)4-2-3-9-15/h4-8H,9-11H2,1H3/b13-4+. The van der Waals surface area contributed by atoms with Crippen LogP contribution in [-0.2, 0) is 6.42 Å². The van der Waals surface area contributed by atoms with Gasteiger partial charge in [0.15, 0.2) is 0 Å². The summed E-state index contributed by atoms with van der Waals surface area (Å²) >= 11 is 6.76. The lowest BCUT2D eigenvalue weighted by atomic mass is 10.1. The van der Waals surface area contributed by atoms with Crippen LogP contribution >= 0.6 is 31.9 Å². The number of halogens is 2. The Morgan fingerprint density at radius 3 is 2.53 bits per heavy atom. The second kappa shape index (κ2) is 8.38. The van der Waals surface area contributed by atoms with Gasteiger partial charge in [-0.15, -0.1) is 0 Å². The van der Waals surface area contributed by atoms with Crippen molar-refractivity contribution in [2.75, 3.05) is 17.8 Å². The maximum absolute atomic E-state index is 5.13. The molecule has 1 rings (SSSR count). The van der Waals surface area contributed by atoms with Crippen LogP contribution in [0.3, 0.4) is 0 Å². The zero-order chi connectivity index (χ0) is 12.5. The molecule has 0 amide bonds. The summed E-state index contributed by atoms with van der Waals surface area (Å²) in [6.45, 7) is 0. The van der Waals surface area contributed by atoms with Gasteiger partial charge in [-0.2, -0.15) is 0 Å². The molecule has 0 bridgehead atoms. The zero-order valence-electron chi connectivity index (χ0n) is 9.67. The van der Waals surface area contributed by atoms with E-state index in [1.165, 1.54) is 11.1 Å². The summed E-state index contributed by atoms with van der Waals surface area (Å²) in [5, 5.41) is 1.55. The maximum atomic E-state index is 5.13. The average molecular weight is 358 g/mol. The van der Waals surface area contributed by atoms with Gasteiger partial charge in [-0.1, -0.05) is 55.8 Å². The molecule has 17 heavy (non-hydrogen) atoms. The second-order valence-corrected chi connectivity index (χ2v) is 4.54. The lowest BCUT2D eigenvalue weighted by Gasteiger charge is -2.04. The Balaban J connectivity index is 2.70. The summed E-state index contributed by atoms with van der Waals surface area (Å²) < 4.78 is 5.13. The summed E-state index contributed by atoms with van der Waals surface area (Å²) in [5.41, 5.74) is 2.53. The smallest absolute Gasteiger partial charge is 0.118 e. The van der Waals surface area contributed by atoms with Crippen molar-refractivity contribution in [1.82, 2.24) is 0 Å². The molecule has 1 aromatic rings. The van der Waals surface area contributed by atoms with Crippen molar-refractivity contribution in [3.63, 3.8) is 0 Å². The first kappa shape index (κ1) is 14.3. The van der Waals surface area contributed by atoms with Gasteiger partial charge >= 0.3 is 0 Å². The third-order valence-electron chi connectivity index (χ3n) is 2.21. The third-order valence-corrected chi connectivity index (χ3v) is 3.21. The summed E-state index contributed by atoms with van der Waals surface area (Å²) in [4.78, 5) is 0. The van der Waals surface area contributed by atoms with Crippen molar-refractivity contribution >= 4 is 31.9 Å². The van der Waals surface area contributed by atoms with Crippen LogP contribution in [0.4, 0.5) is 0 Å². The van der Waals surface area contributed by atoms with Gasteiger partial charge < -0.3 is 4.74 Å². The molecule has 0 saturated carbocycles. The molecule has 0 aliphatic rings. The molecular formula is C14H14Br2O. The van der Waals surface area contributed by atoms with Gasteiger partial charge in [0.05, 0.1) is 12.4 Å². The molecule has 0 radical (unpaired) electrons. The van der Waals surface area contributed by atoms with E-state index >= 15 is 0 Å². The first-order valence-corrected chi connectivity index (χ1v) is 7.45. The first-order valence-electron chi connectivity index (χ1n) is 5.21. The maximum Gasteiger partial charge on any atom is 0.118 e. The Hall–Kier alpha value is -0.720. The van der Waals surface area contributed by atoms with Crippen LogP contribution in [0, 0.1) is 11.8 Å². The van der Waals surface area contributed by atoms with E-state index in [9.17, 15) is 0 Å². The zero-order valence-corrected chi connectivity index (χ0v) is 12.8. The Bertz CT molecular complexity index is 424. The highest BCUT2D eigenvalue weighted by molar-refractivity contribution is 9.09. The molecule has 0 heterocycles. The number of hydrogen-bond donors (Lipinski definition) is 0. The van der Waals surface area contributed by atoms with Gasteiger partial charge in [0.25, 0.3) is 0 Å². The fourth-order valence-electron chi connectivity index (χ4n) is 1.33. The summed E-state index contributed by atoms with van der Waals surface area (Å²) in [6.07, 6.45) is 2.88. The molecule has 0 spiro atoms. The Morgan fingerprint density at radius 2 is 2.00 bits per heavy atom. The highest BCUT2D eigenvalue weighted by Gasteiger charge is 1.98. The summed E-state index contributed by atoms with van der Waals surface area (Å²) in [6, 6.07) is 8.11. The van der Waals surface area contributed by atoms with Crippen LogP contribution < -0.4 is 4.74 Å². The van der Waals surface area contributed by atoms with Crippen LogP contribution in [0.25, 0.3) is 0 Å². The van der Waals surface area contributed by atoms with E-state index in [1.54, 1.807) is 7.11 Å². The molecule has 0 aliphatic heterocycles. The minimum Gasteiger partial charge on any atom is -0.497 e. The molecule has 0 saturated heterocycles. The molecule has 0 N–H and O–H groups in total. The molecule has 0 unspecified atom stereocenters. The van der Waals surface area contributed by atoms with Crippen molar-refractivity contribution < 1.29 is 4.74 Å². The SMILES string of the molecule is COc1ccc(C/C(=C\C#CCBr)CBr)cc1. The number of allylic oxidation sites excluding steroid dienone is 2. The van der Waals surface area contributed by atoms with Crippen molar-refractivity contribution in [1.29, 1.82) is 0 Å². The van der Waals surface area contributed by atoms with Crippen LogP contribution in [0.2, 0.25) is 0 Å². The Kier molecular flexibility index (Phi) is 7.07. The quantitative estimate of drug-likeness (QED) is 0.585. The fraction of sp³-hybridized carbons (Fsp3) is 0.286. The largest absolute Gasteiger partial charge is 0.497 e. The van der Waals surface area contributed by atoms with E-state index in [4.69, 9.17) is 4.74 Å². The minimum absolute atomic E-state index is 0.710. The molecule has 0 fully saturated rings. The summed E-state index contributed by atoms with van der Waals surface area (Å²) in [5.74, 6) is 6.87. The molecule has 0 aromatic heterocycles. The number of benzene rings is 1. The number of alkyl halides is 2. The van der Waals surface area contributed by atoms with Crippen molar-refractivity contribution in [3.05, 3.63) is 41.5 Å². The Labute approximate surface area is 120 Å². The number of methoxy groups -OCH3 is 1. The minimum atomic E-state index is 0.710. The normalized spacial score (nSPS) is 10.6. The molecule has 1 aromatic carbocycles. The number of ether oxygens (including phenoxy) is 1. The van der Waals surface area contributed by atoms with Gasteiger partial charge in [0.1, 0.15) is 5.75 Å². The van der Waals surface area contributed by atoms with Gasteiger partial charge in [0.2, 0.25) is 0 Å². The number of hydrogen-bond acceptors (Lipinski definition) is 1. The van der Waals surface area contributed by atoms with Crippen LogP contribution in [-0.4, -0.2) is 17.8 Å². The summed E-state index contributed by atoms with van der Waals surface area (Å²) in [7, 11) is 1.68. The van der Waals surface area contributed by atoms with E-state index in [1.807, 2.05) is 18.2 Å². The molecule has 0 aliphatic carbocycles. The highest BCUT2D eigenvalue weighted by atomic mass is 79.9. The van der Waals surface area contributed by atoms with E-state index in [0.29, 0.717) is 5.33 Å². The molecule has 90 valence electrons. The van der Waals surface area contributed by atoms with Crippen LogP contribution in [0.5, 0.6) is 5.75 Å². The highest BCUT2D eigenvalue weighted by Crippen LogP contribution is 2.15. The fourth-order valence-corrected chi connectivity index (χ4v) is 1.86. The lowest BCUT2D eigenvalue weighted by molar-refractivity contribution is 0.414. The predicted molar refractivity (Wildman–Crippen MR) is 80.1 cm³/mol. The average Bonchev–Trinajstić information content (AvgIpc) is 2.38. The van der Waals surface area contributed by atoms with Gasteiger partial charge in [-0.05, 0) is 35.8 Å². The lowest BCUT2D eigenvalue weighted by Crippen LogP contribution is -1.92. The van der Waals surface area contributed by atoms with Gasteiger partial charge in [-0.3, -0.25) is 0 Å². The van der Waals surface area contributed by atoms with Crippen molar-refractivity contribution in [2.45, 2.75) is 6.42 Å². The van der Waals surface area contributed by atoms with Crippen molar-refractivity contribution in [2.24, 2.45) is 0 Å². The molecule has 3 heteroatoms. The van der Waals surface area contributed by atoms with E-state index in [-0.39, 0.29) is 0 Å². The van der Waals surface area contributed by atoms with E-state index in [2.05, 4.69) is 55.8 Å². The van der Waals surface area contributed by atoms with Crippen LogP contribution in [0.15, 0.2) is 35.9 Å². The molecular weight excluding hydrogens is 344 g/mol. The first-order chi connectivity index (χ1) is 8.30.